The summed E-state index contributed by atoms with van der Waals surface area (Å²) in [6.07, 6.45) is 3.80. The van der Waals surface area contributed by atoms with Crippen molar-refractivity contribution in [1.82, 2.24) is 9.88 Å². The van der Waals surface area contributed by atoms with Crippen molar-refractivity contribution < 1.29 is 9.53 Å². The molecule has 1 aromatic heterocycles. The number of thioether (sulfide) groups is 1. The maximum Gasteiger partial charge on any atom is 0.264 e. The molecule has 1 saturated heterocycles. The number of carbonyl (C=O) groups excluding carboxylic acids is 1. The smallest absolute Gasteiger partial charge is 0.264 e. The van der Waals surface area contributed by atoms with Crippen molar-refractivity contribution in [2.45, 2.75) is 0 Å². The average Bonchev–Trinajstić information content (AvgIpc) is 3.30. The summed E-state index contributed by atoms with van der Waals surface area (Å²) in [6.45, 7) is 0. The number of rotatable bonds is 4. The van der Waals surface area contributed by atoms with Gasteiger partial charge in [0.2, 0.25) is 0 Å². The van der Waals surface area contributed by atoms with Crippen molar-refractivity contribution in [3.05, 3.63) is 82.5 Å². The molecule has 7 heteroatoms. The minimum atomic E-state index is -0.166. The second-order valence-corrected chi connectivity index (χ2v) is 7.43. The zero-order valence-electron chi connectivity index (χ0n) is 14.9. The lowest BCUT2D eigenvalue weighted by molar-refractivity contribution is -0.115. The summed E-state index contributed by atoms with van der Waals surface area (Å²) in [5.41, 5.74) is 2.61. The summed E-state index contributed by atoms with van der Waals surface area (Å²) in [5.74, 6) is 0.594. The van der Waals surface area contributed by atoms with Gasteiger partial charge in [-0.1, -0.05) is 11.6 Å². The molecule has 0 bridgehead atoms. The number of amidine groups is 1. The Bertz CT molecular complexity index is 1070. The maximum atomic E-state index is 12.4. The molecule has 140 valence electrons. The third-order valence-corrected chi connectivity index (χ3v) is 5.28. The summed E-state index contributed by atoms with van der Waals surface area (Å²) in [4.78, 5) is 17.4. The van der Waals surface area contributed by atoms with Gasteiger partial charge < -0.3 is 14.6 Å². The number of nitrogens with zero attached hydrogens (tertiary/aromatic N) is 2. The minimum Gasteiger partial charge on any atom is -0.497 e. The first kappa shape index (κ1) is 18.4. The van der Waals surface area contributed by atoms with Crippen LogP contribution in [0.25, 0.3) is 11.8 Å². The third kappa shape index (κ3) is 3.98. The Morgan fingerprint density at radius 2 is 1.86 bits per heavy atom. The number of carbonyl (C=O) groups is 1. The molecule has 0 atom stereocenters. The molecule has 4 rings (SSSR count). The first-order chi connectivity index (χ1) is 13.6. The Labute approximate surface area is 171 Å². The molecule has 0 aliphatic carbocycles. The Kier molecular flexibility index (Phi) is 5.23. The van der Waals surface area contributed by atoms with Crippen LogP contribution in [-0.2, 0) is 4.79 Å². The summed E-state index contributed by atoms with van der Waals surface area (Å²) in [7, 11) is 1.62. The van der Waals surface area contributed by atoms with E-state index in [4.69, 9.17) is 16.3 Å². The molecule has 1 amide bonds. The van der Waals surface area contributed by atoms with Crippen LogP contribution in [0.4, 0.5) is 5.69 Å². The third-order valence-electron chi connectivity index (χ3n) is 4.12. The highest BCUT2D eigenvalue weighted by Crippen LogP contribution is 2.29. The van der Waals surface area contributed by atoms with E-state index in [2.05, 4.69) is 10.3 Å². The first-order valence-electron chi connectivity index (χ1n) is 8.49. The number of hydrogen-bond donors (Lipinski definition) is 1. The van der Waals surface area contributed by atoms with Gasteiger partial charge in [0.25, 0.3) is 5.91 Å². The molecule has 2 aromatic carbocycles. The van der Waals surface area contributed by atoms with Crippen LogP contribution in [0.5, 0.6) is 5.75 Å². The van der Waals surface area contributed by atoms with E-state index in [0.717, 1.165) is 22.8 Å². The number of amides is 1. The lowest BCUT2D eigenvalue weighted by Crippen LogP contribution is -2.19. The molecule has 2 heterocycles. The van der Waals surface area contributed by atoms with Crippen LogP contribution in [0.1, 0.15) is 5.69 Å². The summed E-state index contributed by atoms with van der Waals surface area (Å²) in [5, 5.41) is 4.04. The molecule has 1 N–H and O–H groups in total. The van der Waals surface area contributed by atoms with Crippen LogP contribution in [0.3, 0.4) is 0 Å². The van der Waals surface area contributed by atoms with Gasteiger partial charge in [-0.2, -0.15) is 0 Å². The van der Waals surface area contributed by atoms with Crippen molar-refractivity contribution >= 4 is 46.2 Å². The number of benzene rings is 2. The molecule has 0 unspecified atom stereocenters. The van der Waals surface area contributed by atoms with E-state index in [1.807, 2.05) is 77.5 Å². The molecule has 0 spiro atoms. The lowest BCUT2D eigenvalue weighted by atomic mass is 10.3. The van der Waals surface area contributed by atoms with E-state index >= 15 is 0 Å². The van der Waals surface area contributed by atoms with Gasteiger partial charge in [0, 0.05) is 22.6 Å². The van der Waals surface area contributed by atoms with Gasteiger partial charge in [0.1, 0.15) is 5.75 Å². The number of aromatic nitrogens is 1. The zero-order valence-corrected chi connectivity index (χ0v) is 16.5. The van der Waals surface area contributed by atoms with Crippen LogP contribution in [0.2, 0.25) is 5.02 Å². The number of nitrogens with one attached hydrogen (secondary N) is 1. The quantitative estimate of drug-likeness (QED) is 0.615. The zero-order chi connectivity index (χ0) is 19.5. The van der Waals surface area contributed by atoms with Gasteiger partial charge in [-0.15, -0.1) is 0 Å². The maximum absolute atomic E-state index is 12.4. The SMILES string of the molecule is COc1ccc(N=C2NC(=O)C(=Cc3cccn3-c3ccc(Cl)cc3)S2)cc1. The minimum absolute atomic E-state index is 0.166. The lowest BCUT2D eigenvalue weighted by Gasteiger charge is -2.06. The van der Waals surface area contributed by atoms with E-state index < -0.39 is 0 Å². The predicted molar refractivity (Wildman–Crippen MR) is 115 cm³/mol. The molecule has 0 radical (unpaired) electrons. The first-order valence-corrected chi connectivity index (χ1v) is 9.69. The second kappa shape index (κ2) is 7.96. The van der Waals surface area contributed by atoms with Crippen LogP contribution < -0.4 is 10.1 Å². The highest BCUT2D eigenvalue weighted by Gasteiger charge is 2.24. The molecule has 1 aliphatic heterocycles. The van der Waals surface area contributed by atoms with Crippen LogP contribution in [-0.4, -0.2) is 22.8 Å². The predicted octanol–water partition coefficient (Wildman–Crippen LogP) is 5.03. The van der Waals surface area contributed by atoms with E-state index in [1.54, 1.807) is 7.11 Å². The fraction of sp³-hybridized carbons (Fsp3) is 0.0476. The molecular formula is C21H16ClN3O2S. The van der Waals surface area contributed by atoms with E-state index in [-0.39, 0.29) is 5.91 Å². The van der Waals surface area contributed by atoms with Crippen LogP contribution >= 0.6 is 23.4 Å². The van der Waals surface area contributed by atoms with Gasteiger partial charge in [0.15, 0.2) is 5.17 Å². The van der Waals surface area contributed by atoms with E-state index in [0.29, 0.717) is 15.1 Å². The van der Waals surface area contributed by atoms with Crippen molar-refractivity contribution in [2.24, 2.45) is 4.99 Å². The molecule has 5 nitrogen and oxygen atoms in total. The van der Waals surface area contributed by atoms with Gasteiger partial charge in [-0.05, 0) is 78.5 Å². The molecule has 1 aliphatic rings. The molecule has 1 fully saturated rings. The summed E-state index contributed by atoms with van der Waals surface area (Å²) in [6, 6.07) is 18.8. The van der Waals surface area contributed by atoms with Gasteiger partial charge in [-0.3, -0.25) is 4.79 Å². The molecular weight excluding hydrogens is 394 g/mol. The largest absolute Gasteiger partial charge is 0.497 e. The number of halogens is 1. The normalized spacial score (nSPS) is 16.6. The van der Waals surface area contributed by atoms with Gasteiger partial charge in [-0.25, -0.2) is 4.99 Å². The number of ether oxygens (including phenoxy) is 1. The number of methoxy groups -OCH3 is 1. The van der Waals surface area contributed by atoms with Crippen molar-refractivity contribution in [2.75, 3.05) is 7.11 Å². The molecule has 0 saturated carbocycles. The van der Waals surface area contributed by atoms with E-state index in [1.165, 1.54) is 11.8 Å². The average molecular weight is 410 g/mol. The Hall–Kier alpha value is -2.96. The van der Waals surface area contributed by atoms with Crippen molar-refractivity contribution in [1.29, 1.82) is 0 Å². The highest BCUT2D eigenvalue weighted by atomic mass is 35.5. The van der Waals surface area contributed by atoms with Crippen LogP contribution in [0.15, 0.2) is 76.8 Å². The monoisotopic (exact) mass is 409 g/mol. The number of hydrogen-bond acceptors (Lipinski definition) is 4. The standard InChI is InChI=1S/C21H16ClN3O2S/c1-27-18-10-6-15(7-11-18)23-21-24-20(26)19(28-21)13-17-3-2-12-25(17)16-8-4-14(22)5-9-16/h2-13H,1H3,(H,23,24,26). The van der Waals surface area contributed by atoms with Crippen molar-refractivity contribution in [3.8, 4) is 11.4 Å². The number of aliphatic imine (C=N–C) groups is 1. The second-order valence-electron chi connectivity index (χ2n) is 5.96. The van der Waals surface area contributed by atoms with Crippen LogP contribution in [0, 0.1) is 0 Å². The van der Waals surface area contributed by atoms with Gasteiger partial charge in [0.05, 0.1) is 17.7 Å². The summed E-state index contributed by atoms with van der Waals surface area (Å²) < 4.78 is 7.14. The van der Waals surface area contributed by atoms with Crippen molar-refractivity contribution in [3.63, 3.8) is 0 Å². The van der Waals surface area contributed by atoms with Gasteiger partial charge >= 0.3 is 0 Å². The van der Waals surface area contributed by atoms with E-state index in [9.17, 15) is 4.79 Å². The highest BCUT2D eigenvalue weighted by molar-refractivity contribution is 8.18. The Morgan fingerprint density at radius 1 is 1.11 bits per heavy atom. The fourth-order valence-electron chi connectivity index (χ4n) is 2.74. The molecule has 28 heavy (non-hydrogen) atoms. The fourth-order valence-corrected chi connectivity index (χ4v) is 3.69. The summed E-state index contributed by atoms with van der Waals surface area (Å²) >= 11 is 7.28. The topological polar surface area (TPSA) is 55.6 Å². The Morgan fingerprint density at radius 3 is 2.57 bits per heavy atom. The molecule has 3 aromatic rings. The Balaban J connectivity index is 1.58.